The average molecular weight is 936 g/mol. The Kier molecular flexibility index (Phi) is 7.83. The fraction of sp³-hybridized carbons (Fsp3) is 0.130. The molecule has 346 valence electrons. The summed E-state index contributed by atoms with van der Waals surface area (Å²) >= 11 is 0. The highest BCUT2D eigenvalue weighted by Gasteiger charge is 2.55. The number of benzene rings is 10. The molecule has 0 aromatic heterocycles. The summed E-state index contributed by atoms with van der Waals surface area (Å²) in [7, 11) is 0. The van der Waals surface area contributed by atoms with Crippen molar-refractivity contribution in [3.8, 4) is 56.0 Å². The van der Waals surface area contributed by atoms with Gasteiger partial charge in [-0.1, -0.05) is 241 Å². The number of hydrogen-bond donors (Lipinski definition) is 0. The van der Waals surface area contributed by atoms with E-state index >= 15 is 0 Å². The summed E-state index contributed by atoms with van der Waals surface area (Å²) < 4.78 is 97.1. The Hall–Kier alpha value is -8.14. The highest BCUT2D eigenvalue weighted by molar-refractivity contribution is 6.99. The van der Waals surface area contributed by atoms with Gasteiger partial charge in [-0.15, -0.1) is 0 Å². The molecule has 0 bridgehead atoms. The molecule has 3 aliphatic rings. The van der Waals surface area contributed by atoms with Gasteiger partial charge in [0.05, 0.1) is 24.8 Å². The number of rotatable bonds is 5. The van der Waals surface area contributed by atoms with Gasteiger partial charge in [-0.25, -0.2) is 0 Å². The maximum absolute atomic E-state index is 9.37. The van der Waals surface area contributed by atoms with E-state index in [0.29, 0.717) is 22.6 Å². The number of nitrogens with zero attached hydrogens (tertiary/aromatic N) is 1. The van der Waals surface area contributed by atoms with Crippen LogP contribution >= 0.6 is 0 Å². The predicted octanol–water partition coefficient (Wildman–Crippen LogP) is 16.1. The van der Waals surface area contributed by atoms with Crippen LogP contribution in [0.5, 0.6) is 11.5 Å². The molecule has 3 aliphatic heterocycles. The van der Waals surface area contributed by atoms with Crippen molar-refractivity contribution in [1.82, 2.24) is 0 Å². The van der Waals surface area contributed by atoms with Crippen LogP contribution in [0.2, 0.25) is 0 Å². The van der Waals surface area contributed by atoms with Gasteiger partial charge in [0.2, 0.25) is 6.71 Å². The smallest absolute Gasteiger partial charge is 0.247 e. The van der Waals surface area contributed by atoms with Gasteiger partial charge in [-0.05, 0) is 114 Å². The summed E-state index contributed by atoms with van der Waals surface area (Å²) in [6.45, 7) is 12.7. The molecule has 0 saturated carbocycles. The minimum absolute atomic E-state index is 0.0617. The first kappa shape index (κ1) is 34.2. The minimum atomic E-state index is -1.10. The van der Waals surface area contributed by atoms with Gasteiger partial charge in [0.15, 0.2) is 0 Å². The third kappa shape index (κ3) is 6.78. The monoisotopic (exact) mass is 936 g/mol. The Morgan fingerprint density at radius 2 is 0.903 bits per heavy atom. The molecule has 72 heavy (non-hydrogen) atoms. The Labute approximate surface area is 439 Å². The summed E-state index contributed by atoms with van der Waals surface area (Å²) in [4.78, 5) is 2.40. The van der Waals surface area contributed by atoms with Gasteiger partial charge in [0, 0.05) is 33.6 Å². The van der Waals surface area contributed by atoms with Gasteiger partial charge in [0.25, 0.3) is 0 Å². The minimum Gasteiger partial charge on any atom is -0.457 e. The van der Waals surface area contributed by atoms with Crippen LogP contribution in [0.1, 0.15) is 88.6 Å². The van der Waals surface area contributed by atoms with E-state index in [9.17, 15) is 5.48 Å². The van der Waals surface area contributed by atoms with E-state index in [1.165, 1.54) is 0 Å². The molecule has 0 N–H and O–H groups in total. The first-order chi connectivity index (χ1) is 39.1. The molecule has 10 aromatic rings. The molecule has 0 atom stereocenters. The molecular weight excluding hydrogens is 870 g/mol. The number of hydrogen-bond acceptors (Lipinski definition) is 2. The van der Waals surface area contributed by atoms with E-state index in [0.717, 1.165) is 89.1 Å². The van der Waals surface area contributed by atoms with E-state index in [1.54, 1.807) is 0 Å². The first-order valence-corrected chi connectivity index (χ1v) is 24.7. The van der Waals surface area contributed by atoms with E-state index in [-0.39, 0.29) is 40.7 Å². The van der Waals surface area contributed by atoms with Crippen LogP contribution in [-0.2, 0) is 16.2 Å². The molecule has 3 heteroatoms. The Morgan fingerprint density at radius 1 is 0.417 bits per heavy atom. The van der Waals surface area contributed by atoms with Crippen LogP contribution in [-0.4, -0.2) is 6.71 Å². The lowest BCUT2D eigenvalue weighted by molar-refractivity contribution is 0.435. The second-order valence-corrected chi connectivity index (χ2v) is 21.3. The molecule has 0 aliphatic carbocycles. The zero-order chi connectivity index (χ0) is 57.6. The fourth-order valence-electron chi connectivity index (χ4n) is 11.7. The van der Waals surface area contributed by atoms with Crippen LogP contribution in [0.25, 0.3) is 44.5 Å². The lowest BCUT2D eigenvalue weighted by atomic mass is 9.29. The maximum atomic E-state index is 9.37. The van der Waals surface area contributed by atoms with Gasteiger partial charge >= 0.3 is 0 Å². The van der Waals surface area contributed by atoms with E-state index in [2.05, 4.69) is 137 Å². The Balaban J connectivity index is 1.28. The quantitative estimate of drug-likeness (QED) is 0.159. The third-order valence-corrected chi connectivity index (χ3v) is 15.1. The standard InChI is InChI=1S/C69H56BNO/c1-67(2,3)51-41-53(47-27-15-9-16-28-47)66(54(42-51)48-29-17-10-18-30-48)71-61-38-36-50(46-25-13-8-14-26-46)40-60(61)70-59-39-49(45-23-11-7-12-24-45)35-37-55(59)69(58-43-52(68(4,5)6)44-62(71)65(58)70)56-31-19-21-33-63(56)72-64-34-22-20-32-57(64)69/h7-44H,1-6H3/i7D,8D,11D,12D,13D,14D,23D,24D,25D,26D. The molecule has 10 aromatic carbocycles. The van der Waals surface area contributed by atoms with Crippen molar-refractivity contribution in [2.24, 2.45) is 0 Å². The normalized spacial score (nSPS) is 15.8. The summed E-state index contributed by atoms with van der Waals surface area (Å²) in [5, 5.41) is 0. The van der Waals surface area contributed by atoms with E-state index in [4.69, 9.17) is 13.0 Å². The highest BCUT2D eigenvalue weighted by Crippen LogP contribution is 2.59. The largest absolute Gasteiger partial charge is 0.457 e. The molecule has 0 saturated heterocycles. The highest BCUT2D eigenvalue weighted by atomic mass is 16.5. The van der Waals surface area contributed by atoms with E-state index in [1.807, 2.05) is 78.9 Å². The molecule has 0 fully saturated rings. The zero-order valence-electron chi connectivity index (χ0n) is 51.1. The third-order valence-electron chi connectivity index (χ3n) is 15.1. The molecule has 13 rings (SSSR count). The fourth-order valence-corrected chi connectivity index (χ4v) is 11.7. The van der Waals surface area contributed by atoms with Crippen molar-refractivity contribution in [2.45, 2.75) is 57.8 Å². The van der Waals surface area contributed by atoms with Crippen LogP contribution < -0.4 is 26.0 Å². The van der Waals surface area contributed by atoms with Crippen molar-refractivity contribution in [2.75, 3.05) is 4.90 Å². The number of anilines is 3. The Bertz CT molecular complexity index is 4190. The molecular formula is C69H56BNO. The van der Waals surface area contributed by atoms with Crippen molar-refractivity contribution in [3.05, 3.63) is 264 Å². The summed E-state index contributed by atoms with van der Waals surface area (Å²) in [6.07, 6.45) is 0. The predicted molar refractivity (Wildman–Crippen MR) is 303 cm³/mol. The molecule has 0 amide bonds. The lowest BCUT2D eigenvalue weighted by Gasteiger charge is -2.51. The average Bonchev–Trinajstić information content (AvgIpc) is 1.50. The molecule has 3 heterocycles. The van der Waals surface area contributed by atoms with Crippen molar-refractivity contribution < 1.29 is 18.4 Å². The van der Waals surface area contributed by atoms with Gasteiger partial charge < -0.3 is 9.64 Å². The lowest BCUT2D eigenvalue weighted by Crippen LogP contribution is -2.65. The van der Waals surface area contributed by atoms with Crippen molar-refractivity contribution in [1.29, 1.82) is 0 Å². The second kappa shape index (κ2) is 16.5. The summed E-state index contributed by atoms with van der Waals surface area (Å²) in [6, 6.07) is 54.3. The topological polar surface area (TPSA) is 12.5 Å². The SMILES string of the molecule is [2H]c1c([2H])c([2H])c(-c2ccc3c(c2)B2c4cc(-c5c([2H])c([2H])c([2H])c([2H])c5[2H])ccc4C4(c5ccccc5Oc5ccccc54)c4cc(C(C)(C)C)cc(c42)N3c2c(-c3ccccc3)cc(C(C)(C)C)cc2-c2ccccc2)c([2H])c1[2H]. The number of ether oxygens (including phenoxy) is 1. The van der Waals surface area contributed by atoms with Gasteiger partial charge in [-0.3, -0.25) is 0 Å². The second-order valence-electron chi connectivity index (χ2n) is 21.3. The molecule has 2 nitrogen and oxygen atoms in total. The van der Waals surface area contributed by atoms with Crippen molar-refractivity contribution >= 4 is 40.2 Å². The van der Waals surface area contributed by atoms with E-state index < -0.39 is 53.8 Å². The Morgan fingerprint density at radius 3 is 1.44 bits per heavy atom. The first-order valence-electron chi connectivity index (χ1n) is 29.7. The maximum Gasteiger partial charge on any atom is 0.247 e. The summed E-state index contributed by atoms with van der Waals surface area (Å²) in [5.74, 6) is 1.34. The number of fused-ring (bicyclic) bond motifs is 10. The zero-order valence-corrected chi connectivity index (χ0v) is 41.1. The van der Waals surface area contributed by atoms with Gasteiger partial charge in [-0.2, -0.15) is 0 Å². The van der Waals surface area contributed by atoms with Crippen LogP contribution in [0.3, 0.4) is 0 Å². The van der Waals surface area contributed by atoms with Gasteiger partial charge in [0.1, 0.15) is 11.5 Å². The number of para-hydroxylation sites is 2. The van der Waals surface area contributed by atoms with Crippen molar-refractivity contribution in [3.63, 3.8) is 0 Å². The summed E-state index contributed by atoms with van der Waals surface area (Å²) in [5.41, 5.74) is 14.1. The molecule has 0 radical (unpaired) electrons. The van der Waals surface area contributed by atoms with Crippen LogP contribution in [0, 0.1) is 0 Å². The van der Waals surface area contributed by atoms with Crippen LogP contribution in [0.4, 0.5) is 17.1 Å². The molecule has 0 unspecified atom stereocenters. The van der Waals surface area contributed by atoms with Crippen LogP contribution in [0.15, 0.2) is 230 Å². The molecule has 1 spiro atoms.